The van der Waals surface area contributed by atoms with Crippen LogP contribution in [0.2, 0.25) is 0 Å². The van der Waals surface area contributed by atoms with Gasteiger partial charge in [0.2, 0.25) is 5.88 Å². The number of halogens is 1. The van der Waals surface area contributed by atoms with E-state index in [9.17, 15) is 4.79 Å². The largest absolute Gasteiger partial charge is 0.481 e. The number of primary amides is 1. The summed E-state index contributed by atoms with van der Waals surface area (Å²) in [5.74, 6) is 0.0326. The summed E-state index contributed by atoms with van der Waals surface area (Å²) in [5, 5.41) is 11.3. The fourth-order valence-electron chi connectivity index (χ4n) is 3.61. The van der Waals surface area contributed by atoms with Gasteiger partial charge in [0.25, 0.3) is 5.91 Å². The van der Waals surface area contributed by atoms with Gasteiger partial charge in [-0.1, -0.05) is 13.8 Å². The number of anilines is 1. The summed E-state index contributed by atoms with van der Waals surface area (Å²) in [6.07, 6.45) is 5.13. The van der Waals surface area contributed by atoms with Crippen LogP contribution < -0.4 is 21.1 Å². The molecule has 0 radical (unpaired) electrons. The number of nitrogens with one attached hydrogen (secondary N) is 2. The molecule has 3 aromatic heterocycles. The van der Waals surface area contributed by atoms with E-state index in [-0.39, 0.29) is 35.4 Å². The minimum Gasteiger partial charge on any atom is -0.481 e. The zero-order valence-electron chi connectivity index (χ0n) is 16.6. The number of nitrogens with zero attached hydrogens (tertiary/aromatic N) is 3. The van der Waals surface area contributed by atoms with Gasteiger partial charge in [-0.15, -0.1) is 24.0 Å². The lowest BCUT2D eigenvalue weighted by atomic mass is 9.87. The van der Waals surface area contributed by atoms with E-state index in [1.807, 2.05) is 24.4 Å². The summed E-state index contributed by atoms with van der Waals surface area (Å²) in [6, 6.07) is 5.92. The molecule has 1 atom stereocenters. The predicted octanol–water partition coefficient (Wildman–Crippen LogP) is 2.53. The van der Waals surface area contributed by atoms with Crippen molar-refractivity contribution in [2.45, 2.75) is 19.9 Å². The zero-order chi connectivity index (χ0) is 19.9. The second kappa shape index (κ2) is 8.15. The van der Waals surface area contributed by atoms with Crippen LogP contribution in [0.3, 0.4) is 0 Å². The average Bonchev–Trinajstić information content (AvgIpc) is 3.25. The molecule has 1 aliphatic heterocycles. The van der Waals surface area contributed by atoms with Crippen molar-refractivity contribution in [1.29, 1.82) is 0 Å². The predicted molar refractivity (Wildman–Crippen MR) is 123 cm³/mol. The molecule has 0 aliphatic carbocycles. The molecule has 29 heavy (non-hydrogen) atoms. The van der Waals surface area contributed by atoms with Gasteiger partial charge >= 0.3 is 0 Å². The summed E-state index contributed by atoms with van der Waals surface area (Å²) in [4.78, 5) is 16.2. The Morgan fingerprint density at radius 1 is 1.38 bits per heavy atom. The van der Waals surface area contributed by atoms with E-state index in [1.165, 1.54) is 6.20 Å². The Bertz CT molecular complexity index is 1050. The maximum atomic E-state index is 12.1. The summed E-state index contributed by atoms with van der Waals surface area (Å²) >= 11 is 0. The first-order chi connectivity index (χ1) is 13.4. The zero-order valence-corrected chi connectivity index (χ0v) is 18.9. The maximum Gasteiger partial charge on any atom is 0.252 e. The Labute approximate surface area is 186 Å². The van der Waals surface area contributed by atoms with E-state index in [1.54, 1.807) is 17.8 Å². The van der Waals surface area contributed by atoms with E-state index in [0.29, 0.717) is 17.1 Å². The lowest BCUT2D eigenvalue weighted by Crippen LogP contribution is -2.35. The van der Waals surface area contributed by atoms with Crippen LogP contribution >= 0.6 is 24.0 Å². The van der Waals surface area contributed by atoms with Crippen LogP contribution in [0, 0.1) is 5.41 Å². The number of methoxy groups -OCH3 is 1. The molecular weight excluding hydrogens is 483 g/mol. The minimum atomic E-state index is -0.505. The topological polar surface area (TPSA) is 107 Å². The van der Waals surface area contributed by atoms with Crippen molar-refractivity contribution >= 4 is 41.1 Å². The highest BCUT2D eigenvalue weighted by molar-refractivity contribution is 14.0. The number of hydrogen-bond acceptors (Lipinski definition) is 6. The van der Waals surface area contributed by atoms with Crippen LogP contribution in [0.1, 0.15) is 24.2 Å². The first kappa shape index (κ1) is 21.3. The highest BCUT2D eigenvalue weighted by Crippen LogP contribution is 2.33. The number of nitrogens with two attached hydrogens (primary N) is 1. The number of carbonyl (C=O) groups excluding carboxylic acids is 1. The molecule has 1 fully saturated rings. The van der Waals surface area contributed by atoms with Crippen LogP contribution in [-0.2, 0) is 0 Å². The monoisotopic (exact) mass is 508 g/mol. The quantitative estimate of drug-likeness (QED) is 0.458. The van der Waals surface area contributed by atoms with Gasteiger partial charge in [-0.25, -0.2) is 9.50 Å². The first-order valence-corrected chi connectivity index (χ1v) is 9.18. The molecule has 1 amide bonds. The number of pyridine rings is 1. The first-order valence-electron chi connectivity index (χ1n) is 9.18. The Morgan fingerprint density at radius 2 is 2.17 bits per heavy atom. The van der Waals surface area contributed by atoms with Crippen molar-refractivity contribution in [3.8, 4) is 17.0 Å². The van der Waals surface area contributed by atoms with Gasteiger partial charge in [0.05, 0.1) is 30.1 Å². The molecule has 3 aromatic rings. The molecule has 1 unspecified atom stereocenters. The third-order valence-corrected chi connectivity index (χ3v) is 5.37. The molecule has 9 heteroatoms. The van der Waals surface area contributed by atoms with Crippen molar-refractivity contribution in [1.82, 2.24) is 19.9 Å². The van der Waals surface area contributed by atoms with E-state index in [0.717, 1.165) is 29.7 Å². The van der Waals surface area contributed by atoms with Gasteiger partial charge in [0, 0.05) is 43.2 Å². The molecule has 1 aliphatic rings. The Hall–Kier alpha value is -2.40. The third-order valence-electron chi connectivity index (χ3n) is 5.37. The minimum absolute atomic E-state index is 0. The summed E-state index contributed by atoms with van der Waals surface area (Å²) in [5.41, 5.74) is 9.46. The number of rotatable bonds is 5. The molecule has 0 spiro atoms. The van der Waals surface area contributed by atoms with Crippen LogP contribution in [0.25, 0.3) is 16.6 Å². The fourth-order valence-corrected chi connectivity index (χ4v) is 3.61. The van der Waals surface area contributed by atoms with Crippen LogP contribution in [0.5, 0.6) is 5.88 Å². The van der Waals surface area contributed by atoms with Gasteiger partial charge in [0.15, 0.2) is 0 Å². The second-order valence-corrected chi connectivity index (χ2v) is 7.76. The lowest BCUT2D eigenvalue weighted by molar-refractivity contribution is 0.100. The molecule has 154 valence electrons. The molecule has 0 aromatic carbocycles. The Kier molecular flexibility index (Phi) is 5.99. The number of hydrogen-bond donors (Lipinski definition) is 3. The number of ether oxygens (including phenoxy) is 1. The second-order valence-electron chi connectivity index (χ2n) is 7.76. The van der Waals surface area contributed by atoms with Gasteiger partial charge in [-0.05, 0) is 23.1 Å². The van der Waals surface area contributed by atoms with Gasteiger partial charge in [-0.3, -0.25) is 4.79 Å². The van der Waals surface area contributed by atoms with Crippen LogP contribution in [0.15, 0.2) is 36.8 Å². The van der Waals surface area contributed by atoms with Crippen molar-refractivity contribution in [2.75, 3.05) is 25.5 Å². The smallest absolute Gasteiger partial charge is 0.252 e. The number of amides is 1. The van der Waals surface area contributed by atoms with Crippen LogP contribution in [-0.4, -0.2) is 46.7 Å². The van der Waals surface area contributed by atoms with Gasteiger partial charge in [-0.2, -0.15) is 5.10 Å². The highest BCUT2D eigenvalue weighted by Gasteiger charge is 2.35. The molecule has 1 saturated heterocycles. The van der Waals surface area contributed by atoms with Crippen molar-refractivity contribution < 1.29 is 9.53 Å². The number of aromatic nitrogens is 3. The highest BCUT2D eigenvalue weighted by atomic mass is 127. The average molecular weight is 508 g/mol. The number of fused-ring (bicyclic) bond motifs is 1. The van der Waals surface area contributed by atoms with E-state index in [4.69, 9.17) is 10.5 Å². The van der Waals surface area contributed by atoms with Gasteiger partial charge in [0.1, 0.15) is 0 Å². The third kappa shape index (κ3) is 4.01. The molecule has 8 nitrogen and oxygen atoms in total. The normalized spacial score (nSPS) is 17.7. The Morgan fingerprint density at radius 3 is 2.83 bits per heavy atom. The molecule has 4 rings (SSSR count). The van der Waals surface area contributed by atoms with E-state index in [2.05, 4.69) is 34.6 Å². The SMILES string of the molecule is COc1cc(-c2cc3c(NC4CNCC4(C)C)c(C(N)=O)cnn3c2)ccn1.I. The molecule has 0 saturated carbocycles. The molecule has 4 N–H and O–H groups in total. The van der Waals surface area contributed by atoms with E-state index >= 15 is 0 Å². The van der Waals surface area contributed by atoms with Crippen molar-refractivity contribution in [2.24, 2.45) is 11.1 Å². The molecule has 0 bridgehead atoms. The Balaban J connectivity index is 0.00000240. The van der Waals surface area contributed by atoms with Crippen LogP contribution in [0.4, 0.5) is 5.69 Å². The number of carbonyl (C=O) groups is 1. The van der Waals surface area contributed by atoms with Crippen molar-refractivity contribution in [3.63, 3.8) is 0 Å². The standard InChI is InChI=1S/C20H24N6O2.HI/c1-20(2)11-22-9-16(20)25-18-14(19(21)27)8-24-26-10-13(6-15(18)26)12-4-5-23-17(7-12)28-3;/h4-8,10,16,22,25H,9,11H2,1-3H3,(H2,21,27);1H. The molecule has 4 heterocycles. The molecular formula is C20H25IN6O2. The summed E-state index contributed by atoms with van der Waals surface area (Å²) in [6.45, 7) is 6.11. The van der Waals surface area contributed by atoms with Gasteiger partial charge < -0.3 is 21.1 Å². The summed E-state index contributed by atoms with van der Waals surface area (Å²) in [7, 11) is 1.59. The fraction of sp³-hybridized carbons (Fsp3) is 0.350. The summed E-state index contributed by atoms with van der Waals surface area (Å²) < 4.78 is 6.98. The lowest BCUT2D eigenvalue weighted by Gasteiger charge is -2.28. The van der Waals surface area contributed by atoms with E-state index < -0.39 is 5.91 Å². The maximum absolute atomic E-state index is 12.1. The van der Waals surface area contributed by atoms with Crippen molar-refractivity contribution in [3.05, 3.63) is 42.4 Å².